The maximum Gasteiger partial charge on any atom is 0.225 e. The molecule has 3 heterocycles. The van der Waals surface area contributed by atoms with Crippen molar-refractivity contribution < 1.29 is 9.13 Å². The highest BCUT2D eigenvalue weighted by atomic mass is 19.1. The molecule has 0 aliphatic carbocycles. The van der Waals surface area contributed by atoms with Gasteiger partial charge < -0.3 is 9.64 Å². The van der Waals surface area contributed by atoms with E-state index in [0.717, 1.165) is 63.7 Å². The van der Waals surface area contributed by atoms with Gasteiger partial charge in [0.25, 0.3) is 0 Å². The van der Waals surface area contributed by atoms with Gasteiger partial charge in [-0.05, 0) is 36.6 Å². The molecule has 0 saturated carbocycles. The van der Waals surface area contributed by atoms with Crippen LogP contribution in [0.25, 0.3) is 0 Å². The van der Waals surface area contributed by atoms with Crippen LogP contribution in [0.4, 0.5) is 10.3 Å². The van der Waals surface area contributed by atoms with E-state index in [4.69, 9.17) is 4.74 Å². The lowest BCUT2D eigenvalue weighted by molar-refractivity contribution is -0.0843. The molecule has 0 bridgehead atoms. The number of benzene rings is 1. The molecule has 25 heavy (non-hydrogen) atoms. The van der Waals surface area contributed by atoms with Gasteiger partial charge in [0.1, 0.15) is 5.82 Å². The Kier molecular flexibility index (Phi) is 4.63. The molecule has 1 aromatic carbocycles. The Labute approximate surface area is 147 Å². The van der Waals surface area contributed by atoms with Gasteiger partial charge in [0, 0.05) is 44.1 Å². The first kappa shape index (κ1) is 16.4. The molecule has 6 heteroatoms. The van der Waals surface area contributed by atoms with Crippen LogP contribution < -0.4 is 4.90 Å². The number of rotatable bonds is 3. The number of ether oxygens (including phenoxy) is 1. The average Bonchev–Trinajstić information content (AvgIpc) is 2.67. The molecule has 0 radical (unpaired) electrons. The molecule has 0 unspecified atom stereocenters. The Bertz CT molecular complexity index is 686. The summed E-state index contributed by atoms with van der Waals surface area (Å²) in [6, 6.07) is 8.68. The Morgan fingerprint density at radius 1 is 1.04 bits per heavy atom. The van der Waals surface area contributed by atoms with Gasteiger partial charge in [0.15, 0.2) is 0 Å². The Morgan fingerprint density at radius 3 is 2.48 bits per heavy atom. The summed E-state index contributed by atoms with van der Waals surface area (Å²) in [7, 11) is 0. The number of aromatic nitrogens is 2. The summed E-state index contributed by atoms with van der Waals surface area (Å²) in [5.41, 5.74) is 1.20. The smallest absolute Gasteiger partial charge is 0.225 e. The highest BCUT2D eigenvalue weighted by Crippen LogP contribution is 2.33. The second-order valence-electron chi connectivity index (χ2n) is 6.86. The molecular formula is C19H23FN4O. The van der Waals surface area contributed by atoms with Gasteiger partial charge in [-0.2, -0.15) is 0 Å². The van der Waals surface area contributed by atoms with Crippen LogP contribution in [0.1, 0.15) is 18.4 Å². The van der Waals surface area contributed by atoms with Crippen LogP contribution >= 0.6 is 0 Å². The van der Waals surface area contributed by atoms with Crippen LogP contribution in [0.5, 0.6) is 0 Å². The summed E-state index contributed by atoms with van der Waals surface area (Å²) in [5, 5.41) is 0. The Morgan fingerprint density at radius 2 is 1.76 bits per heavy atom. The SMILES string of the molecule is Fc1ccc(CN2CCOCC23CCN(c2ncccn2)CC3)cc1. The summed E-state index contributed by atoms with van der Waals surface area (Å²) < 4.78 is 19.0. The first-order valence-corrected chi connectivity index (χ1v) is 8.84. The van der Waals surface area contributed by atoms with Crippen molar-refractivity contribution in [3.63, 3.8) is 0 Å². The minimum absolute atomic E-state index is 0.0535. The van der Waals surface area contributed by atoms with Gasteiger partial charge in [-0.25, -0.2) is 14.4 Å². The van der Waals surface area contributed by atoms with Gasteiger partial charge in [0.05, 0.1) is 13.2 Å². The van der Waals surface area contributed by atoms with Gasteiger partial charge in [0.2, 0.25) is 5.95 Å². The summed E-state index contributed by atoms with van der Waals surface area (Å²) in [4.78, 5) is 13.5. The molecule has 4 rings (SSSR count). The molecule has 2 saturated heterocycles. The van der Waals surface area contributed by atoms with Gasteiger partial charge in [-0.15, -0.1) is 0 Å². The summed E-state index contributed by atoms with van der Waals surface area (Å²) in [6.45, 7) is 5.12. The number of anilines is 1. The van der Waals surface area contributed by atoms with E-state index >= 15 is 0 Å². The first-order valence-electron chi connectivity index (χ1n) is 8.84. The molecule has 0 N–H and O–H groups in total. The molecule has 0 amide bonds. The van der Waals surface area contributed by atoms with Crippen LogP contribution in [-0.2, 0) is 11.3 Å². The van der Waals surface area contributed by atoms with E-state index in [1.54, 1.807) is 12.4 Å². The van der Waals surface area contributed by atoms with Crippen molar-refractivity contribution in [2.75, 3.05) is 37.7 Å². The van der Waals surface area contributed by atoms with Crippen LogP contribution in [-0.4, -0.2) is 53.3 Å². The second kappa shape index (κ2) is 7.06. The van der Waals surface area contributed by atoms with E-state index in [0.29, 0.717) is 0 Å². The average molecular weight is 342 g/mol. The van der Waals surface area contributed by atoms with Crippen molar-refractivity contribution in [2.24, 2.45) is 0 Å². The second-order valence-corrected chi connectivity index (χ2v) is 6.86. The summed E-state index contributed by atoms with van der Waals surface area (Å²) >= 11 is 0. The molecule has 1 spiro atoms. The zero-order chi connectivity index (χ0) is 17.1. The lowest BCUT2D eigenvalue weighted by atomic mass is 9.85. The van der Waals surface area contributed by atoms with Crippen molar-refractivity contribution in [2.45, 2.75) is 24.9 Å². The normalized spacial score (nSPS) is 20.8. The molecule has 5 nitrogen and oxygen atoms in total. The van der Waals surface area contributed by atoms with Crippen LogP contribution in [0.2, 0.25) is 0 Å². The van der Waals surface area contributed by atoms with E-state index in [1.807, 2.05) is 18.2 Å². The molecular weight excluding hydrogens is 319 g/mol. The lowest BCUT2D eigenvalue weighted by Gasteiger charge is -2.51. The maximum atomic E-state index is 13.2. The molecule has 2 aromatic rings. The molecule has 1 aromatic heterocycles. The predicted molar refractivity (Wildman–Crippen MR) is 93.8 cm³/mol. The van der Waals surface area contributed by atoms with Crippen LogP contribution in [0.3, 0.4) is 0 Å². The number of halogens is 1. The fraction of sp³-hybridized carbons (Fsp3) is 0.474. The standard InChI is InChI=1S/C19H23FN4O/c20-17-4-2-16(3-5-17)14-24-12-13-25-15-19(24)6-10-23(11-7-19)18-21-8-1-9-22-18/h1-5,8-9H,6-7,10-15H2. The van der Waals surface area contributed by atoms with Gasteiger partial charge in [-0.1, -0.05) is 12.1 Å². The van der Waals surface area contributed by atoms with Crippen molar-refractivity contribution in [3.8, 4) is 0 Å². The van der Waals surface area contributed by atoms with Crippen LogP contribution in [0, 0.1) is 5.82 Å². The maximum absolute atomic E-state index is 13.2. The highest BCUT2D eigenvalue weighted by molar-refractivity contribution is 5.30. The van der Waals surface area contributed by atoms with Crippen molar-refractivity contribution in [3.05, 3.63) is 54.1 Å². The largest absolute Gasteiger partial charge is 0.378 e. The van der Waals surface area contributed by atoms with Gasteiger partial charge in [-0.3, -0.25) is 4.90 Å². The number of hydrogen-bond donors (Lipinski definition) is 0. The number of hydrogen-bond acceptors (Lipinski definition) is 5. The minimum atomic E-state index is -0.184. The Balaban J connectivity index is 1.46. The Hall–Kier alpha value is -2.05. The third-order valence-electron chi connectivity index (χ3n) is 5.36. The monoisotopic (exact) mass is 342 g/mol. The number of morpholine rings is 1. The quantitative estimate of drug-likeness (QED) is 0.857. The fourth-order valence-electron chi connectivity index (χ4n) is 3.86. The zero-order valence-electron chi connectivity index (χ0n) is 14.3. The molecule has 2 aliphatic rings. The van der Waals surface area contributed by atoms with E-state index in [-0.39, 0.29) is 11.4 Å². The third-order valence-corrected chi connectivity index (χ3v) is 5.36. The molecule has 0 atom stereocenters. The number of piperidine rings is 1. The number of nitrogens with zero attached hydrogens (tertiary/aromatic N) is 4. The first-order chi connectivity index (χ1) is 12.3. The minimum Gasteiger partial charge on any atom is -0.378 e. The molecule has 2 aliphatic heterocycles. The van der Waals surface area contributed by atoms with Gasteiger partial charge >= 0.3 is 0 Å². The molecule has 132 valence electrons. The predicted octanol–water partition coefficient (Wildman–Crippen LogP) is 2.49. The van der Waals surface area contributed by atoms with Crippen molar-refractivity contribution >= 4 is 5.95 Å². The van der Waals surface area contributed by atoms with Crippen LogP contribution in [0.15, 0.2) is 42.7 Å². The summed E-state index contributed by atoms with van der Waals surface area (Å²) in [6.07, 6.45) is 5.62. The highest BCUT2D eigenvalue weighted by Gasteiger charge is 2.42. The molecule has 2 fully saturated rings. The summed E-state index contributed by atoms with van der Waals surface area (Å²) in [5.74, 6) is 0.621. The van der Waals surface area contributed by atoms with E-state index in [2.05, 4.69) is 19.8 Å². The van der Waals surface area contributed by atoms with E-state index in [9.17, 15) is 4.39 Å². The van der Waals surface area contributed by atoms with Crippen molar-refractivity contribution in [1.82, 2.24) is 14.9 Å². The van der Waals surface area contributed by atoms with Crippen molar-refractivity contribution in [1.29, 1.82) is 0 Å². The fourth-order valence-corrected chi connectivity index (χ4v) is 3.86. The van der Waals surface area contributed by atoms with E-state index in [1.165, 1.54) is 12.1 Å². The topological polar surface area (TPSA) is 41.5 Å². The lowest BCUT2D eigenvalue weighted by Crippen LogP contribution is -2.61. The zero-order valence-corrected chi connectivity index (χ0v) is 14.3. The third kappa shape index (κ3) is 3.50. The van der Waals surface area contributed by atoms with E-state index < -0.39 is 0 Å².